The first kappa shape index (κ1) is 15.7. The summed E-state index contributed by atoms with van der Waals surface area (Å²) in [7, 11) is 1.51. The van der Waals surface area contributed by atoms with Crippen LogP contribution in [0.25, 0.3) is 10.4 Å². The van der Waals surface area contributed by atoms with Crippen LogP contribution >= 0.6 is 0 Å². The number of aromatic nitrogens is 2. The molecule has 0 aliphatic carbocycles. The highest BCUT2D eigenvalue weighted by molar-refractivity contribution is 4.98. The van der Waals surface area contributed by atoms with Gasteiger partial charge in [0.1, 0.15) is 12.2 Å². The molecule has 23 heavy (non-hydrogen) atoms. The Bertz CT molecular complexity index is 725. The van der Waals surface area contributed by atoms with Crippen molar-refractivity contribution in [2.75, 3.05) is 20.3 Å². The van der Waals surface area contributed by atoms with Gasteiger partial charge in [-0.3, -0.25) is 14.3 Å². The predicted molar refractivity (Wildman–Crippen MR) is 74.7 cm³/mol. The molecule has 2 fully saturated rings. The summed E-state index contributed by atoms with van der Waals surface area (Å²) in [5.74, 6) is 0. The molecule has 11 nitrogen and oxygen atoms in total. The molecular formula is C12H15N5O6. The molecule has 0 amide bonds. The number of hydrogen-bond acceptors (Lipinski definition) is 7. The predicted octanol–water partition coefficient (Wildman–Crippen LogP) is -0.499. The first-order valence-electron chi connectivity index (χ1n) is 6.91. The molecule has 0 radical (unpaired) electrons. The van der Waals surface area contributed by atoms with Crippen LogP contribution in [0.3, 0.4) is 0 Å². The molecule has 3 heterocycles. The lowest BCUT2D eigenvalue weighted by Crippen LogP contribution is -2.36. The van der Waals surface area contributed by atoms with E-state index in [9.17, 15) is 9.59 Å². The van der Waals surface area contributed by atoms with Gasteiger partial charge in [-0.15, -0.1) is 0 Å². The van der Waals surface area contributed by atoms with Gasteiger partial charge in [-0.1, -0.05) is 5.11 Å². The van der Waals surface area contributed by atoms with E-state index >= 15 is 0 Å². The largest absolute Gasteiger partial charge is 0.379 e. The average Bonchev–Trinajstić information content (AvgIpc) is 3.05. The molecule has 0 saturated carbocycles. The zero-order chi connectivity index (χ0) is 16.4. The maximum atomic E-state index is 12.0. The van der Waals surface area contributed by atoms with Crippen LogP contribution in [0.2, 0.25) is 0 Å². The fourth-order valence-corrected chi connectivity index (χ4v) is 2.73. The molecule has 0 bridgehead atoms. The van der Waals surface area contributed by atoms with Gasteiger partial charge in [-0.05, 0) is 5.53 Å². The minimum absolute atomic E-state index is 0.0370. The van der Waals surface area contributed by atoms with E-state index in [1.54, 1.807) is 0 Å². The summed E-state index contributed by atoms with van der Waals surface area (Å²) in [5, 5.41) is 3.49. The highest BCUT2D eigenvalue weighted by atomic mass is 16.8. The van der Waals surface area contributed by atoms with E-state index in [-0.39, 0.29) is 13.2 Å². The summed E-state index contributed by atoms with van der Waals surface area (Å²) in [6.45, 7) is 0.254. The van der Waals surface area contributed by atoms with E-state index in [1.165, 1.54) is 23.9 Å². The minimum Gasteiger partial charge on any atom is -0.379 e. The highest BCUT2D eigenvalue weighted by Crippen LogP contribution is 2.38. The molecular weight excluding hydrogens is 310 g/mol. The number of hydrogen-bond donors (Lipinski definition) is 1. The number of nitrogens with one attached hydrogen (secondary N) is 1. The first-order valence-corrected chi connectivity index (χ1v) is 6.91. The van der Waals surface area contributed by atoms with Crippen LogP contribution in [0, 0.1) is 0 Å². The Morgan fingerprint density at radius 3 is 2.87 bits per heavy atom. The number of rotatable bonds is 5. The molecule has 124 valence electrons. The molecule has 1 aromatic rings. The van der Waals surface area contributed by atoms with Crippen molar-refractivity contribution >= 4 is 0 Å². The topological polar surface area (TPSA) is 141 Å². The van der Waals surface area contributed by atoms with Crippen molar-refractivity contribution in [2.24, 2.45) is 5.11 Å². The molecule has 11 heteroatoms. The van der Waals surface area contributed by atoms with Crippen molar-refractivity contribution in [1.29, 1.82) is 0 Å². The molecule has 0 aromatic carbocycles. The van der Waals surface area contributed by atoms with Crippen LogP contribution in [0.1, 0.15) is 6.23 Å². The summed E-state index contributed by atoms with van der Waals surface area (Å²) in [6.07, 6.45) is -1.74. The summed E-state index contributed by atoms with van der Waals surface area (Å²) in [4.78, 5) is 28.0. The van der Waals surface area contributed by atoms with Crippen LogP contribution < -0.4 is 11.2 Å². The molecule has 1 N–H and O–H groups in total. The minimum atomic E-state index is -0.801. The second kappa shape index (κ2) is 6.52. The van der Waals surface area contributed by atoms with E-state index in [2.05, 4.69) is 15.0 Å². The Morgan fingerprint density at radius 1 is 1.39 bits per heavy atom. The van der Waals surface area contributed by atoms with Crippen molar-refractivity contribution < 1.29 is 18.9 Å². The second-order valence-electron chi connectivity index (χ2n) is 5.08. The quantitative estimate of drug-likeness (QED) is 0.439. The van der Waals surface area contributed by atoms with Crippen molar-refractivity contribution in [2.45, 2.75) is 30.8 Å². The van der Waals surface area contributed by atoms with E-state index in [1.807, 2.05) is 0 Å². The maximum Gasteiger partial charge on any atom is 0.330 e. The monoisotopic (exact) mass is 325 g/mol. The highest BCUT2D eigenvalue weighted by Gasteiger charge is 2.53. The van der Waals surface area contributed by atoms with Crippen molar-refractivity contribution in [3.8, 4) is 0 Å². The Morgan fingerprint density at radius 2 is 2.17 bits per heavy atom. The first-order chi connectivity index (χ1) is 11.1. The molecule has 2 saturated heterocycles. The van der Waals surface area contributed by atoms with Gasteiger partial charge in [-0.25, -0.2) is 4.79 Å². The van der Waals surface area contributed by atoms with Gasteiger partial charge in [0.15, 0.2) is 12.5 Å². The zero-order valence-corrected chi connectivity index (χ0v) is 12.2. The molecule has 1 unspecified atom stereocenters. The molecule has 0 spiro atoms. The van der Waals surface area contributed by atoms with E-state index in [0.717, 1.165) is 0 Å². The average molecular weight is 325 g/mol. The summed E-state index contributed by atoms with van der Waals surface area (Å²) in [5.41, 5.74) is 7.35. The van der Waals surface area contributed by atoms with Crippen LogP contribution in [0.4, 0.5) is 0 Å². The van der Waals surface area contributed by atoms with E-state index in [0.29, 0.717) is 0 Å². The number of nitrogens with zero attached hydrogens (tertiary/aromatic N) is 4. The lowest BCUT2D eigenvalue weighted by Gasteiger charge is -2.20. The van der Waals surface area contributed by atoms with Crippen molar-refractivity contribution in [3.05, 3.63) is 43.5 Å². The van der Waals surface area contributed by atoms with Gasteiger partial charge in [0, 0.05) is 24.3 Å². The van der Waals surface area contributed by atoms with Gasteiger partial charge in [0.2, 0.25) is 0 Å². The molecule has 2 aliphatic rings. The molecule has 3 rings (SSSR count). The summed E-state index contributed by atoms with van der Waals surface area (Å²) >= 11 is 0. The van der Waals surface area contributed by atoms with E-state index < -0.39 is 42.1 Å². The number of fused-ring (bicyclic) bond motifs is 1. The molecule has 5 atom stereocenters. The lowest BCUT2D eigenvalue weighted by atomic mass is 10.1. The third kappa shape index (κ3) is 3.00. The smallest absolute Gasteiger partial charge is 0.330 e. The zero-order valence-electron chi connectivity index (χ0n) is 12.2. The number of H-pyrrole nitrogens is 1. The summed E-state index contributed by atoms with van der Waals surface area (Å²) in [6, 6.07) is 1.21. The number of aromatic amines is 1. The number of azide groups is 1. The Balaban J connectivity index is 1.89. The van der Waals surface area contributed by atoms with Crippen LogP contribution in [0.15, 0.2) is 27.0 Å². The normalized spacial score (nSPS) is 32.5. The third-order valence-electron chi connectivity index (χ3n) is 3.66. The second-order valence-corrected chi connectivity index (χ2v) is 5.08. The molecule has 1 aromatic heterocycles. The van der Waals surface area contributed by atoms with Crippen molar-refractivity contribution in [3.63, 3.8) is 0 Å². The maximum absolute atomic E-state index is 12.0. The Kier molecular flexibility index (Phi) is 4.46. The lowest BCUT2D eigenvalue weighted by molar-refractivity contribution is -0.161. The summed E-state index contributed by atoms with van der Waals surface area (Å²) < 4.78 is 23.4. The van der Waals surface area contributed by atoms with Gasteiger partial charge < -0.3 is 18.9 Å². The fraction of sp³-hybridized carbons (Fsp3) is 0.667. The third-order valence-corrected chi connectivity index (χ3v) is 3.66. The van der Waals surface area contributed by atoms with Gasteiger partial charge >= 0.3 is 5.69 Å². The Labute approximate surface area is 129 Å². The van der Waals surface area contributed by atoms with Gasteiger partial charge in [0.25, 0.3) is 5.56 Å². The van der Waals surface area contributed by atoms with Crippen molar-refractivity contribution in [1.82, 2.24) is 9.55 Å². The Hall–Kier alpha value is -2.17. The van der Waals surface area contributed by atoms with Crippen LogP contribution in [-0.4, -0.2) is 54.4 Å². The molecule has 2 aliphatic heterocycles. The van der Waals surface area contributed by atoms with Gasteiger partial charge in [-0.2, -0.15) is 0 Å². The van der Waals surface area contributed by atoms with Crippen LogP contribution in [0.5, 0.6) is 0 Å². The number of ether oxygens (including phenoxy) is 4. The van der Waals surface area contributed by atoms with E-state index in [4.69, 9.17) is 24.5 Å². The number of methoxy groups -OCH3 is 1. The van der Waals surface area contributed by atoms with Gasteiger partial charge in [0.05, 0.1) is 19.3 Å². The standard InChI is InChI=1S/C12H15N5O6/c1-20-5-8-22-9-6(4-14-16-13)21-11(10(9)23-8)17-3-2-7(18)15-12(17)19/h2-3,6,8-11H,4-5H2,1H3,(H,15,18,19)/t6-,8?,9-,10-,11-/m1/s1. The fourth-order valence-electron chi connectivity index (χ4n) is 2.73. The SMILES string of the molecule is COCC1O[C@@H]2[C@H](O1)[C@@H](CN=[N+]=[N-])O[C@H]2n1ccc(=O)[nH]c1=O. The van der Waals surface area contributed by atoms with Crippen LogP contribution in [-0.2, 0) is 18.9 Å².